The second-order valence-electron chi connectivity index (χ2n) is 6.88. The predicted octanol–water partition coefficient (Wildman–Crippen LogP) is 7.15. The number of H-pyrrole nitrogens is 1. The highest BCUT2D eigenvalue weighted by Crippen LogP contribution is 2.37. The van der Waals surface area contributed by atoms with E-state index in [1.54, 1.807) is 43.6 Å². The van der Waals surface area contributed by atoms with Gasteiger partial charge in [0.15, 0.2) is 11.6 Å². The third-order valence-corrected chi connectivity index (χ3v) is 6.23. The highest BCUT2D eigenvalue weighted by atomic mass is 35.5. The predicted molar refractivity (Wildman–Crippen MR) is 129 cm³/mol. The summed E-state index contributed by atoms with van der Waals surface area (Å²) in [6, 6.07) is 14.3. The number of aryl methyl sites for hydroxylation is 1. The molecule has 166 valence electrons. The molecular weight excluding hydrogens is 472 g/mol. The first-order chi connectivity index (χ1) is 15.6. The van der Waals surface area contributed by atoms with Gasteiger partial charge in [-0.2, -0.15) is 0 Å². The number of anilines is 1. The van der Waals surface area contributed by atoms with Gasteiger partial charge in [-0.1, -0.05) is 35.3 Å². The van der Waals surface area contributed by atoms with Gasteiger partial charge in [-0.3, -0.25) is 0 Å². The van der Waals surface area contributed by atoms with Gasteiger partial charge >= 0.3 is 0 Å². The number of nitrogens with one attached hydrogen (secondary N) is 2. The maximum atomic E-state index is 14.9. The van der Waals surface area contributed by atoms with Crippen LogP contribution >= 0.6 is 35.1 Å². The first-order valence-corrected chi connectivity index (χ1v) is 11.4. The number of ether oxygens (including phenoxy) is 2. The van der Waals surface area contributed by atoms with E-state index in [2.05, 4.69) is 14.7 Å². The van der Waals surface area contributed by atoms with E-state index in [9.17, 15) is 4.39 Å². The van der Waals surface area contributed by atoms with E-state index in [4.69, 9.17) is 32.7 Å². The Morgan fingerprint density at radius 2 is 1.94 bits per heavy atom. The minimum atomic E-state index is -0.417. The molecule has 5 nitrogen and oxygen atoms in total. The van der Waals surface area contributed by atoms with Crippen LogP contribution < -0.4 is 14.2 Å². The number of aromatic nitrogens is 2. The molecule has 0 fully saturated rings. The standard InChI is InChI=1S/C23H20Cl2FN3O2S/c1-30-20-9-2-5-14(28-20)6-4-12-31-18-7-3-8-19(22(18)26)32-29-17-11-10-15(24)21-16(25)13-27-23(17)21/h2-3,5,7-11,13,27,29H,4,6,12H2,1H3. The minimum Gasteiger partial charge on any atom is -0.490 e. The molecule has 0 aliphatic rings. The molecule has 0 saturated heterocycles. The number of rotatable bonds is 9. The van der Waals surface area contributed by atoms with Crippen LogP contribution in [0.3, 0.4) is 0 Å². The third kappa shape index (κ3) is 5.06. The molecule has 2 heterocycles. The zero-order valence-electron chi connectivity index (χ0n) is 17.1. The van der Waals surface area contributed by atoms with Gasteiger partial charge in [-0.15, -0.1) is 0 Å². The molecule has 2 aromatic carbocycles. The SMILES string of the molecule is COc1cccc(CCCOc2cccc(SNc3ccc(Cl)c4c(Cl)c[nH]c34)c2F)n1. The van der Waals surface area contributed by atoms with Crippen LogP contribution in [-0.2, 0) is 6.42 Å². The molecule has 0 aliphatic carbocycles. The molecule has 2 N–H and O–H groups in total. The highest BCUT2D eigenvalue weighted by molar-refractivity contribution is 8.00. The van der Waals surface area contributed by atoms with E-state index in [0.29, 0.717) is 40.3 Å². The lowest BCUT2D eigenvalue weighted by Crippen LogP contribution is -2.03. The number of fused-ring (bicyclic) bond motifs is 1. The van der Waals surface area contributed by atoms with Crippen LogP contribution in [0.2, 0.25) is 10.0 Å². The van der Waals surface area contributed by atoms with E-state index in [1.165, 1.54) is 0 Å². The molecule has 9 heteroatoms. The van der Waals surface area contributed by atoms with Gasteiger partial charge in [0.1, 0.15) is 0 Å². The van der Waals surface area contributed by atoms with Crippen molar-refractivity contribution in [3.63, 3.8) is 0 Å². The summed E-state index contributed by atoms with van der Waals surface area (Å²) in [5, 5.41) is 1.80. The number of nitrogens with zero attached hydrogens (tertiary/aromatic N) is 1. The second kappa shape index (κ2) is 10.3. The maximum Gasteiger partial charge on any atom is 0.213 e. The number of benzene rings is 2. The molecule has 0 spiro atoms. The molecule has 0 saturated carbocycles. The summed E-state index contributed by atoms with van der Waals surface area (Å²) in [6.45, 7) is 0.371. The van der Waals surface area contributed by atoms with Crippen LogP contribution in [0, 0.1) is 5.82 Å². The van der Waals surface area contributed by atoms with Gasteiger partial charge in [0.05, 0.1) is 39.9 Å². The van der Waals surface area contributed by atoms with E-state index >= 15 is 0 Å². The van der Waals surface area contributed by atoms with Gasteiger partial charge in [0.2, 0.25) is 5.88 Å². The van der Waals surface area contributed by atoms with Crippen molar-refractivity contribution in [2.45, 2.75) is 17.7 Å². The number of aromatic amines is 1. The highest BCUT2D eigenvalue weighted by Gasteiger charge is 2.13. The fourth-order valence-electron chi connectivity index (χ4n) is 3.19. The van der Waals surface area contributed by atoms with Crippen LogP contribution in [0.1, 0.15) is 12.1 Å². The molecule has 0 radical (unpaired) electrons. The lowest BCUT2D eigenvalue weighted by molar-refractivity contribution is 0.292. The lowest BCUT2D eigenvalue weighted by atomic mass is 10.2. The Hall–Kier alpha value is -2.61. The number of methoxy groups -OCH3 is 1. The minimum absolute atomic E-state index is 0.208. The molecule has 0 amide bonds. The van der Waals surface area contributed by atoms with Crippen molar-refractivity contribution in [2.24, 2.45) is 0 Å². The first kappa shape index (κ1) is 22.6. The summed E-state index contributed by atoms with van der Waals surface area (Å²) >= 11 is 13.6. The van der Waals surface area contributed by atoms with Crippen molar-refractivity contribution < 1.29 is 13.9 Å². The van der Waals surface area contributed by atoms with Gasteiger partial charge in [0, 0.05) is 23.3 Å². The molecule has 4 rings (SSSR count). The Balaban J connectivity index is 1.37. The average Bonchev–Trinajstić information content (AvgIpc) is 3.20. The topological polar surface area (TPSA) is 59.2 Å². The quantitative estimate of drug-likeness (QED) is 0.192. The van der Waals surface area contributed by atoms with Crippen LogP contribution in [0.5, 0.6) is 11.6 Å². The Labute approximate surface area is 199 Å². The fourth-order valence-corrected chi connectivity index (χ4v) is 4.48. The average molecular weight is 492 g/mol. The monoisotopic (exact) mass is 491 g/mol. The van der Waals surface area contributed by atoms with E-state index in [0.717, 1.165) is 34.2 Å². The van der Waals surface area contributed by atoms with Gasteiger partial charge < -0.3 is 19.2 Å². The Morgan fingerprint density at radius 3 is 2.78 bits per heavy atom. The van der Waals surface area contributed by atoms with Crippen molar-refractivity contribution in [1.82, 2.24) is 9.97 Å². The Bertz CT molecular complexity index is 1240. The van der Waals surface area contributed by atoms with Crippen molar-refractivity contribution in [1.29, 1.82) is 0 Å². The molecular formula is C23H20Cl2FN3O2S. The molecule has 0 aliphatic heterocycles. The summed E-state index contributed by atoms with van der Waals surface area (Å²) in [5.74, 6) is 0.366. The third-order valence-electron chi connectivity index (χ3n) is 4.76. The first-order valence-electron chi connectivity index (χ1n) is 9.86. The second-order valence-corrected chi connectivity index (χ2v) is 8.54. The van der Waals surface area contributed by atoms with Gasteiger partial charge in [-0.25, -0.2) is 9.37 Å². The normalized spacial score (nSPS) is 11.0. The van der Waals surface area contributed by atoms with Crippen molar-refractivity contribution >= 4 is 51.7 Å². The van der Waals surface area contributed by atoms with Crippen LogP contribution in [0.15, 0.2) is 59.6 Å². The van der Waals surface area contributed by atoms with Gasteiger partial charge in [0.25, 0.3) is 0 Å². The van der Waals surface area contributed by atoms with E-state index in [-0.39, 0.29) is 5.75 Å². The van der Waals surface area contributed by atoms with Crippen LogP contribution in [-0.4, -0.2) is 23.7 Å². The van der Waals surface area contributed by atoms with Gasteiger partial charge in [-0.05, 0) is 55.1 Å². The molecule has 32 heavy (non-hydrogen) atoms. The van der Waals surface area contributed by atoms with Crippen LogP contribution in [0.25, 0.3) is 10.9 Å². The fraction of sp³-hybridized carbons (Fsp3) is 0.174. The largest absolute Gasteiger partial charge is 0.490 e. The zero-order valence-corrected chi connectivity index (χ0v) is 19.5. The summed E-state index contributed by atoms with van der Waals surface area (Å²) in [4.78, 5) is 7.87. The smallest absolute Gasteiger partial charge is 0.213 e. The molecule has 4 aromatic rings. The zero-order chi connectivity index (χ0) is 22.5. The van der Waals surface area contributed by atoms with Crippen molar-refractivity contribution in [3.8, 4) is 11.6 Å². The molecule has 0 unspecified atom stereocenters. The summed E-state index contributed by atoms with van der Waals surface area (Å²) in [6.07, 6.45) is 3.08. The number of hydrogen-bond donors (Lipinski definition) is 2. The molecule has 0 atom stereocenters. The van der Waals surface area contributed by atoms with Crippen molar-refractivity contribution in [2.75, 3.05) is 18.4 Å². The van der Waals surface area contributed by atoms with E-state index in [1.807, 2.05) is 18.2 Å². The summed E-state index contributed by atoms with van der Waals surface area (Å²) in [7, 11) is 1.58. The van der Waals surface area contributed by atoms with E-state index < -0.39 is 5.82 Å². The number of hydrogen-bond acceptors (Lipinski definition) is 5. The van der Waals surface area contributed by atoms with Crippen LogP contribution in [0.4, 0.5) is 10.1 Å². The lowest BCUT2D eigenvalue weighted by Gasteiger charge is -2.12. The summed E-state index contributed by atoms with van der Waals surface area (Å²) in [5.41, 5.74) is 2.41. The Kier molecular flexibility index (Phi) is 7.29. The number of halogens is 3. The number of pyridine rings is 1. The Morgan fingerprint density at radius 1 is 1.09 bits per heavy atom. The van der Waals surface area contributed by atoms with Crippen molar-refractivity contribution in [3.05, 3.63) is 76.3 Å². The molecule has 2 aromatic heterocycles. The summed E-state index contributed by atoms with van der Waals surface area (Å²) < 4.78 is 28.9. The molecule has 0 bridgehead atoms. The maximum absolute atomic E-state index is 14.9.